The SMILES string of the molecule is CC(C)C(c1cccs1)n1c(CO)nc2cc(N)ccc21. The van der Waals surface area contributed by atoms with Gasteiger partial charge in [0.05, 0.1) is 17.1 Å². The number of nitrogen functional groups attached to an aromatic ring is 1. The number of benzene rings is 1. The van der Waals surface area contributed by atoms with Gasteiger partial charge in [-0.15, -0.1) is 11.3 Å². The normalized spacial score (nSPS) is 13.1. The minimum absolute atomic E-state index is 0.0802. The molecular formula is C16H19N3OS. The molecule has 0 aliphatic heterocycles. The molecule has 1 unspecified atom stereocenters. The third-order valence-corrected chi connectivity index (χ3v) is 4.62. The van der Waals surface area contributed by atoms with Crippen LogP contribution in [0.1, 0.15) is 30.6 Å². The summed E-state index contributed by atoms with van der Waals surface area (Å²) in [5.74, 6) is 1.08. The minimum Gasteiger partial charge on any atom is -0.399 e. The van der Waals surface area contributed by atoms with E-state index in [1.54, 1.807) is 11.3 Å². The molecule has 2 aromatic heterocycles. The molecule has 3 aromatic rings. The number of hydrogen-bond acceptors (Lipinski definition) is 4. The summed E-state index contributed by atoms with van der Waals surface area (Å²) in [5, 5.41) is 11.8. The molecule has 2 heterocycles. The fourth-order valence-electron chi connectivity index (χ4n) is 2.80. The Morgan fingerprint density at radius 2 is 2.14 bits per heavy atom. The molecule has 4 nitrogen and oxygen atoms in total. The quantitative estimate of drug-likeness (QED) is 0.726. The molecule has 0 spiro atoms. The summed E-state index contributed by atoms with van der Waals surface area (Å²) in [5.41, 5.74) is 8.38. The molecule has 0 aliphatic rings. The predicted octanol–water partition coefficient (Wildman–Crippen LogP) is 3.42. The largest absolute Gasteiger partial charge is 0.399 e. The van der Waals surface area contributed by atoms with Gasteiger partial charge < -0.3 is 15.4 Å². The van der Waals surface area contributed by atoms with Crippen molar-refractivity contribution in [1.29, 1.82) is 0 Å². The van der Waals surface area contributed by atoms with Crippen molar-refractivity contribution in [3.05, 3.63) is 46.4 Å². The van der Waals surface area contributed by atoms with Crippen LogP contribution < -0.4 is 5.73 Å². The highest BCUT2D eigenvalue weighted by Gasteiger charge is 2.24. The highest BCUT2D eigenvalue weighted by Crippen LogP contribution is 2.34. The molecule has 1 aromatic carbocycles. The van der Waals surface area contributed by atoms with Crippen LogP contribution in [0.25, 0.3) is 11.0 Å². The number of imidazole rings is 1. The van der Waals surface area contributed by atoms with Gasteiger partial charge in [0.25, 0.3) is 0 Å². The summed E-state index contributed by atoms with van der Waals surface area (Å²) in [6.07, 6.45) is 0. The molecule has 21 heavy (non-hydrogen) atoms. The monoisotopic (exact) mass is 301 g/mol. The van der Waals surface area contributed by atoms with Gasteiger partial charge in [-0.25, -0.2) is 4.98 Å². The lowest BCUT2D eigenvalue weighted by Gasteiger charge is -2.24. The zero-order valence-corrected chi connectivity index (χ0v) is 13.0. The van der Waals surface area contributed by atoms with E-state index in [-0.39, 0.29) is 12.6 Å². The summed E-state index contributed by atoms with van der Waals surface area (Å²) in [7, 11) is 0. The number of nitrogens with zero attached hydrogens (tertiary/aromatic N) is 2. The number of nitrogens with two attached hydrogens (primary N) is 1. The van der Waals surface area contributed by atoms with Crippen molar-refractivity contribution < 1.29 is 5.11 Å². The lowest BCUT2D eigenvalue weighted by Crippen LogP contribution is -2.18. The van der Waals surface area contributed by atoms with E-state index in [9.17, 15) is 5.11 Å². The van der Waals surface area contributed by atoms with Crippen molar-refractivity contribution in [3.63, 3.8) is 0 Å². The van der Waals surface area contributed by atoms with Crippen LogP contribution in [0.2, 0.25) is 0 Å². The highest BCUT2D eigenvalue weighted by atomic mass is 32.1. The van der Waals surface area contributed by atoms with E-state index in [1.807, 2.05) is 18.2 Å². The molecule has 3 rings (SSSR count). The van der Waals surface area contributed by atoms with E-state index in [2.05, 4.69) is 40.9 Å². The first-order valence-corrected chi connectivity index (χ1v) is 7.90. The first-order chi connectivity index (χ1) is 10.1. The molecule has 0 aliphatic carbocycles. The van der Waals surface area contributed by atoms with Crippen LogP contribution in [0.3, 0.4) is 0 Å². The standard InChI is InChI=1S/C16H19N3OS/c1-10(2)16(14-4-3-7-21-14)19-13-6-5-11(17)8-12(13)18-15(19)9-20/h3-8,10,16,20H,9,17H2,1-2H3. The summed E-state index contributed by atoms with van der Waals surface area (Å²) in [6, 6.07) is 10.1. The van der Waals surface area contributed by atoms with Crippen LogP contribution >= 0.6 is 11.3 Å². The van der Waals surface area contributed by atoms with Gasteiger partial charge in [-0.05, 0) is 35.6 Å². The lowest BCUT2D eigenvalue weighted by atomic mass is 10.0. The van der Waals surface area contributed by atoms with E-state index >= 15 is 0 Å². The van der Waals surface area contributed by atoms with E-state index < -0.39 is 0 Å². The number of anilines is 1. The van der Waals surface area contributed by atoms with Gasteiger partial charge in [0.1, 0.15) is 12.4 Å². The number of thiophene rings is 1. The number of aliphatic hydroxyl groups is 1. The maximum atomic E-state index is 9.71. The Kier molecular flexibility index (Phi) is 3.69. The highest BCUT2D eigenvalue weighted by molar-refractivity contribution is 7.10. The first kappa shape index (κ1) is 14.1. The van der Waals surface area contributed by atoms with Crippen LogP contribution in [-0.2, 0) is 6.61 Å². The van der Waals surface area contributed by atoms with Crippen molar-refractivity contribution in [2.45, 2.75) is 26.5 Å². The van der Waals surface area contributed by atoms with Crippen molar-refractivity contribution >= 4 is 28.1 Å². The maximum Gasteiger partial charge on any atom is 0.136 e. The predicted molar refractivity (Wildman–Crippen MR) is 87.4 cm³/mol. The van der Waals surface area contributed by atoms with Crippen molar-refractivity contribution in [3.8, 4) is 0 Å². The van der Waals surface area contributed by atoms with Gasteiger partial charge in [0, 0.05) is 10.6 Å². The van der Waals surface area contributed by atoms with Crippen LogP contribution in [0.4, 0.5) is 5.69 Å². The van der Waals surface area contributed by atoms with E-state index in [1.165, 1.54) is 4.88 Å². The molecular weight excluding hydrogens is 282 g/mol. The Labute approximate surface area is 127 Å². The number of hydrogen-bond donors (Lipinski definition) is 2. The third-order valence-electron chi connectivity index (χ3n) is 3.67. The minimum atomic E-state index is -0.0802. The Balaban J connectivity index is 2.26. The van der Waals surface area contributed by atoms with Crippen LogP contribution in [0.15, 0.2) is 35.7 Å². The Morgan fingerprint density at radius 3 is 2.76 bits per heavy atom. The molecule has 0 amide bonds. The maximum absolute atomic E-state index is 9.71. The van der Waals surface area contributed by atoms with Gasteiger partial charge in [0.15, 0.2) is 0 Å². The Morgan fingerprint density at radius 1 is 1.33 bits per heavy atom. The summed E-state index contributed by atoms with van der Waals surface area (Å²) in [6.45, 7) is 4.30. The Hall–Kier alpha value is -1.85. The van der Waals surface area contributed by atoms with Crippen molar-refractivity contribution in [2.75, 3.05) is 5.73 Å². The smallest absolute Gasteiger partial charge is 0.136 e. The average Bonchev–Trinajstić information content (AvgIpc) is 3.07. The molecule has 3 N–H and O–H groups in total. The molecule has 0 radical (unpaired) electrons. The molecule has 0 saturated carbocycles. The molecule has 0 fully saturated rings. The Bertz CT molecular complexity index is 746. The van der Waals surface area contributed by atoms with Crippen LogP contribution in [-0.4, -0.2) is 14.7 Å². The first-order valence-electron chi connectivity index (χ1n) is 7.02. The van der Waals surface area contributed by atoms with Crippen molar-refractivity contribution in [1.82, 2.24) is 9.55 Å². The topological polar surface area (TPSA) is 64.1 Å². The second-order valence-electron chi connectivity index (χ2n) is 5.51. The van der Waals surface area contributed by atoms with Gasteiger partial charge in [-0.2, -0.15) is 0 Å². The molecule has 0 bridgehead atoms. The second-order valence-corrected chi connectivity index (χ2v) is 6.49. The molecule has 0 saturated heterocycles. The molecule has 5 heteroatoms. The number of aromatic nitrogens is 2. The van der Waals surface area contributed by atoms with Gasteiger partial charge in [0.2, 0.25) is 0 Å². The van der Waals surface area contributed by atoms with E-state index in [0.717, 1.165) is 11.0 Å². The fourth-order valence-corrected chi connectivity index (χ4v) is 3.79. The summed E-state index contributed by atoms with van der Waals surface area (Å²) in [4.78, 5) is 5.82. The van der Waals surface area contributed by atoms with Crippen LogP contribution in [0.5, 0.6) is 0 Å². The van der Waals surface area contributed by atoms with E-state index in [4.69, 9.17) is 5.73 Å². The van der Waals surface area contributed by atoms with Crippen molar-refractivity contribution in [2.24, 2.45) is 5.92 Å². The van der Waals surface area contributed by atoms with Gasteiger partial charge in [-0.1, -0.05) is 19.9 Å². The summed E-state index contributed by atoms with van der Waals surface area (Å²) >= 11 is 1.73. The van der Waals surface area contributed by atoms with Gasteiger partial charge >= 0.3 is 0 Å². The number of fused-ring (bicyclic) bond motifs is 1. The lowest BCUT2D eigenvalue weighted by molar-refractivity contribution is 0.260. The summed E-state index contributed by atoms with van der Waals surface area (Å²) < 4.78 is 2.14. The van der Waals surface area contributed by atoms with Gasteiger partial charge in [-0.3, -0.25) is 0 Å². The fraction of sp³-hybridized carbons (Fsp3) is 0.312. The number of rotatable bonds is 4. The number of aliphatic hydroxyl groups excluding tert-OH is 1. The average molecular weight is 301 g/mol. The zero-order valence-electron chi connectivity index (χ0n) is 12.2. The van der Waals surface area contributed by atoms with Crippen LogP contribution in [0, 0.1) is 5.92 Å². The van der Waals surface area contributed by atoms with E-state index in [0.29, 0.717) is 17.4 Å². The second kappa shape index (κ2) is 5.50. The molecule has 110 valence electrons. The zero-order chi connectivity index (χ0) is 15.0. The molecule has 1 atom stereocenters. The third kappa shape index (κ3) is 2.43.